The van der Waals surface area contributed by atoms with Gasteiger partial charge >= 0.3 is 0 Å². The van der Waals surface area contributed by atoms with E-state index in [1.165, 1.54) is 38.9 Å². The lowest BCUT2D eigenvalue weighted by molar-refractivity contribution is 0.196. The first-order chi connectivity index (χ1) is 5.38. The van der Waals surface area contributed by atoms with Gasteiger partial charge in [0.1, 0.15) is 0 Å². The molecule has 2 aliphatic rings. The van der Waals surface area contributed by atoms with Gasteiger partial charge in [0.25, 0.3) is 0 Å². The molecule has 2 fully saturated rings. The fourth-order valence-corrected chi connectivity index (χ4v) is 2.63. The Labute approximate surface area is 68.7 Å². The Morgan fingerprint density at radius 2 is 2.27 bits per heavy atom. The van der Waals surface area contributed by atoms with E-state index in [0.717, 1.165) is 18.4 Å². The van der Waals surface area contributed by atoms with Gasteiger partial charge in [-0.3, -0.25) is 0 Å². The van der Waals surface area contributed by atoms with Gasteiger partial charge in [0.15, 0.2) is 0 Å². The van der Waals surface area contributed by atoms with E-state index in [1.54, 1.807) is 0 Å². The van der Waals surface area contributed by atoms with Crippen LogP contribution in [0, 0.1) is 11.8 Å². The third kappa shape index (κ3) is 1.57. The summed E-state index contributed by atoms with van der Waals surface area (Å²) < 4.78 is 0. The Hall–Kier alpha value is -0.0800. The third-order valence-corrected chi connectivity index (χ3v) is 3.13. The van der Waals surface area contributed by atoms with Crippen LogP contribution >= 0.6 is 0 Å². The maximum Gasteiger partial charge on any atom is 0.00104 e. The molecule has 0 aromatic carbocycles. The van der Waals surface area contributed by atoms with Crippen LogP contribution in [0.1, 0.15) is 19.3 Å². The Bertz CT molecular complexity index is 124. The molecule has 0 aromatic heterocycles. The van der Waals surface area contributed by atoms with Crippen molar-refractivity contribution in [2.75, 3.05) is 26.2 Å². The number of nitrogens with two attached hydrogens (primary N) is 1. The summed E-state index contributed by atoms with van der Waals surface area (Å²) in [6, 6.07) is 0. The van der Waals surface area contributed by atoms with Crippen molar-refractivity contribution in [3.63, 3.8) is 0 Å². The molecule has 3 unspecified atom stereocenters. The second-order valence-electron chi connectivity index (χ2n) is 4.09. The van der Waals surface area contributed by atoms with E-state index in [2.05, 4.69) is 4.90 Å². The van der Waals surface area contributed by atoms with Crippen LogP contribution in [-0.4, -0.2) is 31.1 Å². The van der Waals surface area contributed by atoms with Crippen molar-refractivity contribution in [3.8, 4) is 0 Å². The van der Waals surface area contributed by atoms with Gasteiger partial charge in [-0.25, -0.2) is 0 Å². The lowest BCUT2D eigenvalue weighted by atomic mass is 9.89. The van der Waals surface area contributed by atoms with Crippen LogP contribution in [0.15, 0.2) is 0 Å². The molecule has 0 saturated carbocycles. The van der Waals surface area contributed by atoms with Crippen LogP contribution in [0.3, 0.4) is 0 Å². The summed E-state index contributed by atoms with van der Waals surface area (Å²) in [6.07, 6.45) is 4.14. The van der Waals surface area contributed by atoms with Gasteiger partial charge in [0.05, 0.1) is 0 Å². The van der Waals surface area contributed by atoms with Crippen LogP contribution in [0.2, 0.25) is 0 Å². The van der Waals surface area contributed by atoms with Gasteiger partial charge in [-0.05, 0) is 44.2 Å². The Balaban J connectivity index is 1.87. The summed E-state index contributed by atoms with van der Waals surface area (Å²) in [6.45, 7) is 4.94. The highest BCUT2D eigenvalue weighted by Crippen LogP contribution is 2.31. The average Bonchev–Trinajstić information content (AvgIpc) is 2.32. The maximum absolute atomic E-state index is 5.55. The minimum Gasteiger partial charge on any atom is -0.330 e. The van der Waals surface area contributed by atoms with Gasteiger partial charge in [-0.1, -0.05) is 0 Å². The molecule has 64 valence electrons. The summed E-state index contributed by atoms with van der Waals surface area (Å²) in [5.41, 5.74) is 5.55. The van der Waals surface area contributed by atoms with E-state index in [0.29, 0.717) is 0 Å². The molecular weight excluding hydrogens is 136 g/mol. The molecule has 2 saturated heterocycles. The number of nitrogens with zero attached hydrogens (tertiary/aromatic N) is 1. The molecule has 2 bridgehead atoms. The Morgan fingerprint density at radius 1 is 1.36 bits per heavy atom. The predicted octanol–water partition coefficient (Wildman–Crippen LogP) is 0.677. The van der Waals surface area contributed by atoms with Crippen molar-refractivity contribution in [2.45, 2.75) is 19.3 Å². The molecule has 0 spiro atoms. The molecule has 2 N–H and O–H groups in total. The van der Waals surface area contributed by atoms with Crippen LogP contribution in [0.25, 0.3) is 0 Å². The van der Waals surface area contributed by atoms with Crippen molar-refractivity contribution in [3.05, 3.63) is 0 Å². The van der Waals surface area contributed by atoms with Crippen LogP contribution in [-0.2, 0) is 0 Å². The van der Waals surface area contributed by atoms with Crippen LogP contribution in [0.5, 0.6) is 0 Å². The topological polar surface area (TPSA) is 29.3 Å². The standard InChI is InChI=1S/C9H18N2/c10-3-1-8-5-9-2-4-11(6-8)7-9/h8-9H,1-7,10H2. The summed E-state index contributed by atoms with van der Waals surface area (Å²) in [5, 5.41) is 0. The predicted molar refractivity (Wildman–Crippen MR) is 46.3 cm³/mol. The number of hydrogen-bond donors (Lipinski definition) is 1. The summed E-state index contributed by atoms with van der Waals surface area (Å²) in [5.74, 6) is 1.93. The van der Waals surface area contributed by atoms with Crippen molar-refractivity contribution in [1.82, 2.24) is 4.90 Å². The second kappa shape index (κ2) is 3.11. The van der Waals surface area contributed by atoms with Crippen molar-refractivity contribution >= 4 is 0 Å². The van der Waals surface area contributed by atoms with Crippen LogP contribution in [0.4, 0.5) is 0 Å². The number of rotatable bonds is 2. The lowest BCUT2D eigenvalue weighted by Gasteiger charge is -2.29. The maximum atomic E-state index is 5.55. The minimum absolute atomic E-state index is 0.880. The molecule has 0 radical (unpaired) electrons. The van der Waals surface area contributed by atoms with E-state index in [4.69, 9.17) is 5.73 Å². The third-order valence-electron chi connectivity index (χ3n) is 3.13. The van der Waals surface area contributed by atoms with Gasteiger partial charge in [0.2, 0.25) is 0 Å². The highest BCUT2D eigenvalue weighted by Gasteiger charge is 2.31. The Morgan fingerprint density at radius 3 is 3.00 bits per heavy atom. The second-order valence-corrected chi connectivity index (χ2v) is 4.09. The number of piperidine rings is 1. The molecule has 0 amide bonds. The molecule has 2 aliphatic heterocycles. The highest BCUT2D eigenvalue weighted by molar-refractivity contribution is 4.85. The lowest BCUT2D eigenvalue weighted by Crippen LogP contribution is -2.33. The first-order valence-corrected chi connectivity index (χ1v) is 4.81. The summed E-state index contributed by atoms with van der Waals surface area (Å²) in [4.78, 5) is 2.61. The fraction of sp³-hybridized carbons (Fsp3) is 1.00. The van der Waals surface area contributed by atoms with Gasteiger partial charge < -0.3 is 10.6 Å². The average molecular weight is 154 g/mol. The first kappa shape index (κ1) is 7.56. The van der Waals surface area contributed by atoms with E-state index in [9.17, 15) is 0 Å². The molecule has 2 heteroatoms. The number of hydrogen-bond acceptors (Lipinski definition) is 2. The van der Waals surface area contributed by atoms with Gasteiger partial charge in [-0.2, -0.15) is 0 Å². The molecular formula is C9H18N2. The zero-order valence-electron chi connectivity index (χ0n) is 7.13. The number of fused-ring (bicyclic) bond motifs is 2. The van der Waals surface area contributed by atoms with Gasteiger partial charge in [-0.15, -0.1) is 0 Å². The van der Waals surface area contributed by atoms with E-state index in [1.807, 2.05) is 0 Å². The molecule has 2 nitrogen and oxygen atoms in total. The van der Waals surface area contributed by atoms with Crippen molar-refractivity contribution in [1.29, 1.82) is 0 Å². The fourth-order valence-electron chi connectivity index (χ4n) is 2.63. The zero-order valence-corrected chi connectivity index (χ0v) is 7.13. The quantitative estimate of drug-likeness (QED) is 0.633. The molecule has 0 aliphatic carbocycles. The van der Waals surface area contributed by atoms with Crippen LogP contribution < -0.4 is 5.73 Å². The zero-order chi connectivity index (χ0) is 7.68. The van der Waals surface area contributed by atoms with E-state index in [-0.39, 0.29) is 0 Å². The largest absolute Gasteiger partial charge is 0.330 e. The summed E-state index contributed by atoms with van der Waals surface area (Å²) in [7, 11) is 0. The molecule has 0 aromatic rings. The summed E-state index contributed by atoms with van der Waals surface area (Å²) >= 11 is 0. The Kier molecular flexibility index (Phi) is 2.14. The smallest absolute Gasteiger partial charge is 0.00104 e. The monoisotopic (exact) mass is 154 g/mol. The van der Waals surface area contributed by atoms with E-state index >= 15 is 0 Å². The highest BCUT2D eigenvalue weighted by atomic mass is 15.2. The molecule has 3 atom stereocenters. The van der Waals surface area contributed by atoms with E-state index < -0.39 is 0 Å². The van der Waals surface area contributed by atoms with Gasteiger partial charge in [0, 0.05) is 13.1 Å². The minimum atomic E-state index is 0.880. The SMILES string of the molecule is NCCC1CC2CCN(C1)C2. The molecule has 2 heterocycles. The first-order valence-electron chi connectivity index (χ1n) is 4.81. The molecule has 11 heavy (non-hydrogen) atoms. The molecule has 2 rings (SSSR count). The van der Waals surface area contributed by atoms with Crippen molar-refractivity contribution in [2.24, 2.45) is 17.6 Å². The van der Waals surface area contributed by atoms with Crippen molar-refractivity contribution < 1.29 is 0 Å². The normalized spacial score (nSPS) is 42.8.